The van der Waals surface area contributed by atoms with E-state index in [9.17, 15) is 4.79 Å². The average molecular weight is 529 g/mol. The fourth-order valence-electron chi connectivity index (χ4n) is 4.98. The summed E-state index contributed by atoms with van der Waals surface area (Å²) in [6, 6.07) is 20.5. The van der Waals surface area contributed by atoms with Crippen LogP contribution >= 0.6 is 11.3 Å². The number of benzene rings is 2. The van der Waals surface area contributed by atoms with Crippen molar-refractivity contribution in [3.05, 3.63) is 77.3 Å². The number of hydrogen-bond donors (Lipinski definition) is 0. The van der Waals surface area contributed by atoms with Crippen molar-refractivity contribution in [3.8, 4) is 27.7 Å². The molecule has 1 amide bonds. The second-order valence-corrected chi connectivity index (χ2v) is 11.1. The molecular formula is C31H36N4O2S. The van der Waals surface area contributed by atoms with Crippen molar-refractivity contribution < 1.29 is 9.53 Å². The Morgan fingerprint density at radius 1 is 1.03 bits per heavy atom. The largest absolute Gasteiger partial charge is 0.497 e. The summed E-state index contributed by atoms with van der Waals surface area (Å²) in [6.45, 7) is 10.5. The molecule has 38 heavy (non-hydrogen) atoms. The molecule has 0 saturated carbocycles. The molecule has 0 N–H and O–H groups in total. The van der Waals surface area contributed by atoms with Crippen LogP contribution in [-0.4, -0.2) is 53.6 Å². The van der Waals surface area contributed by atoms with E-state index < -0.39 is 0 Å². The standard InChI is InChI=1S/C31H36N4O2S/c1-22(2)14-15-35-23(3)27(31(36)34-18-16-33(17-19-34)25-8-6-5-7-9-25)20-29(35)28-21-38-30(32-28)24-10-12-26(37-4)13-11-24/h5-13,20-22H,14-19H2,1-4H3. The maximum atomic E-state index is 13.8. The number of ether oxygens (including phenoxy) is 1. The number of rotatable bonds is 8. The molecule has 198 valence electrons. The van der Waals surface area contributed by atoms with E-state index in [2.05, 4.69) is 66.0 Å². The number of hydrogen-bond acceptors (Lipinski definition) is 5. The van der Waals surface area contributed by atoms with E-state index in [1.165, 1.54) is 5.69 Å². The zero-order valence-electron chi connectivity index (χ0n) is 22.7. The van der Waals surface area contributed by atoms with Crippen LogP contribution in [0.1, 0.15) is 36.3 Å². The Labute approximate surface area is 229 Å². The molecule has 6 nitrogen and oxygen atoms in total. The maximum absolute atomic E-state index is 13.8. The first-order chi connectivity index (χ1) is 18.4. The van der Waals surface area contributed by atoms with Crippen LogP contribution in [0.25, 0.3) is 22.0 Å². The van der Waals surface area contributed by atoms with Crippen molar-refractivity contribution in [1.82, 2.24) is 14.5 Å². The van der Waals surface area contributed by atoms with Gasteiger partial charge in [0.1, 0.15) is 10.8 Å². The number of amides is 1. The minimum Gasteiger partial charge on any atom is -0.497 e. The predicted octanol–water partition coefficient (Wildman–Crippen LogP) is 6.60. The highest BCUT2D eigenvalue weighted by atomic mass is 32.1. The topological polar surface area (TPSA) is 50.6 Å². The monoisotopic (exact) mass is 528 g/mol. The number of para-hydroxylation sites is 1. The molecule has 0 spiro atoms. The molecule has 4 aromatic rings. The first kappa shape index (κ1) is 26.0. The van der Waals surface area contributed by atoms with Crippen molar-refractivity contribution in [3.63, 3.8) is 0 Å². The molecule has 0 atom stereocenters. The highest BCUT2D eigenvalue weighted by Gasteiger charge is 2.27. The summed E-state index contributed by atoms with van der Waals surface area (Å²) in [6.07, 6.45) is 1.04. The molecule has 0 bridgehead atoms. The Morgan fingerprint density at radius 3 is 2.39 bits per heavy atom. The van der Waals surface area contributed by atoms with E-state index in [-0.39, 0.29) is 5.91 Å². The SMILES string of the molecule is COc1ccc(-c2nc(-c3cc(C(=O)N4CCN(c5ccccc5)CC4)c(C)n3CCC(C)C)cs2)cc1. The first-order valence-corrected chi connectivity index (χ1v) is 14.2. The van der Waals surface area contributed by atoms with Gasteiger partial charge in [-0.2, -0.15) is 0 Å². The second kappa shape index (κ2) is 11.4. The summed E-state index contributed by atoms with van der Waals surface area (Å²) in [4.78, 5) is 23.1. The van der Waals surface area contributed by atoms with Crippen LogP contribution in [0.5, 0.6) is 5.75 Å². The van der Waals surface area contributed by atoms with Crippen LogP contribution in [0.15, 0.2) is 66.0 Å². The normalized spacial score (nSPS) is 13.8. The Hall–Kier alpha value is -3.58. The van der Waals surface area contributed by atoms with Gasteiger partial charge in [-0.15, -0.1) is 11.3 Å². The summed E-state index contributed by atoms with van der Waals surface area (Å²) < 4.78 is 7.59. The van der Waals surface area contributed by atoms with Gasteiger partial charge in [-0.25, -0.2) is 4.98 Å². The van der Waals surface area contributed by atoms with Gasteiger partial charge in [-0.05, 0) is 61.7 Å². The maximum Gasteiger partial charge on any atom is 0.255 e. The van der Waals surface area contributed by atoms with Crippen LogP contribution < -0.4 is 9.64 Å². The second-order valence-electron chi connectivity index (χ2n) is 10.2. The van der Waals surface area contributed by atoms with E-state index in [1.54, 1.807) is 18.4 Å². The van der Waals surface area contributed by atoms with E-state index in [0.717, 1.165) is 78.1 Å². The summed E-state index contributed by atoms with van der Waals surface area (Å²) in [7, 11) is 1.67. The van der Waals surface area contributed by atoms with Crippen molar-refractivity contribution in [1.29, 1.82) is 0 Å². The van der Waals surface area contributed by atoms with Crippen LogP contribution in [0.3, 0.4) is 0 Å². The number of anilines is 1. The van der Waals surface area contributed by atoms with Gasteiger partial charge >= 0.3 is 0 Å². The molecular weight excluding hydrogens is 492 g/mol. The van der Waals surface area contributed by atoms with Gasteiger partial charge in [-0.3, -0.25) is 4.79 Å². The van der Waals surface area contributed by atoms with Gasteiger partial charge in [0.25, 0.3) is 5.91 Å². The lowest BCUT2D eigenvalue weighted by Crippen LogP contribution is -2.48. The van der Waals surface area contributed by atoms with Crippen molar-refractivity contribution >= 4 is 22.9 Å². The average Bonchev–Trinajstić information content (AvgIpc) is 3.57. The number of nitrogens with zero attached hydrogens (tertiary/aromatic N) is 4. The zero-order valence-corrected chi connectivity index (χ0v) is 23.5. The van der Waals surface area contributed by atoms with Crippen LogP contribution in [0.4, 0.5) is 5.69 Å². The van der Waals surface area contributed by atoms with E-state index in [0.29, 0.717) is 5.92 Å². The highest BCUT2D eigenvalue weighted by molar-refractivity contribution is 7.13. The summed E-state index contributed by atoms with van der Waals surface area (Å²) in [5.41, 5.74) is 6.03. The fraction of sp³-hybridized carbons (Fsp3) is 0.355. The van der Waals surface area contributed by atoms with Crippen molar-refractivity contribution in [2.45, 2.75) is 33.7 Å². The lowest BCUT2D eigenvalue weighted by molar-refractivity contribution is 0.0746. The number of thiazole rings is 1. The molecule has 7 heteroatoms. The third-order valence-electron chi connectivity index (χ3n) is 7.32. The highest BCUT2D eigenvalue weighted by Crippen LogP contribution is 2.33. The molecule has 2 aromatic heterocycles. The molecule has 0 aliphatic carbocycles. The smallest absolute Gasteiger partial charge is 0.255 e. The predicted molar refractivity (Wildman–Crippen MR) is 156 cm³/mol. The van der Waals surface area contributed by atoms with Gasteiger partial charge < -0.3 is 19.1 Å². The molecule has 1 aliphatic rings. The molecule has 5 rings (SSSR count). The molecule has 0 radical (unpaired) electrons. The van der Waals surface area contributed by atoms with E-state index in [4.69, 9.17) is 9.72 Å². The van der Waals surface area contributed by atoms with Gasteiger partial charge in [0.05, 0.1) is 24.1 Å². The van der Waals surface area contributed by atoms with Crippen molar-refractivity contribution in [2.24, 2.45) is 5.92 Å². The molecule has 0 unspecified atom stereocenters. The summed E-state index contributed by atoms with van der Waals surface area (Å²) >= 11 is 1.63. The van der Waals surface area contributed by atoms with Gasteiger partial charge in [0, 0.05) is 55.0 Å². The third-order valence-corrected chi connectivity index (χ3v) is 8.21. The third kappa shape index (κ3) is 5.48. The van der Waals surface area contributed by atoms with Gasteiger partial charge in [0.15, 0.2) is 0 Å². The molecule has 1 saturated heterocycles. The van der Waals surface area contributed by atoms with Crippen LogP contribution in [0.2, 0.25) is 0 Å². The molecule has 3 heterocycles. The number of aromatic nitrogens is 2. The van der Waals surface area contributed by atoms with Gasteiger partial charge in [0.2, 0.25) is 0 Å². The summed E-state index contributed by atoms with van der Waals surface area (Å²) in [5, 5.41) is 3.06. The number of carbonyl (C=O) groups is 1. The minimum atomic E-state index is 0.116. The zero-order chi connectivity index (χ0) is 26.6. The molecule has 1 fully saturated rings. The lowest BCUT2D eigenvalue weighted by atomic mass is 10.1. The van der Waals surface area contributed by atoms with Crippen LogP contribution in [-0.2, 0) is 6.54 Å². The quantitative estimate of drug-likeness (QED) is 0.258. The number of methoxy groups -OCH3 is 1. The Kier molecular flexibility index (Phi) is 7.84. The Morgan fingerprint density at radius 2 is 1.74 bits per heavy atom. The van der Waals surface area contributed by atoms with E-state index in [1.807, 2.05) is 35.2 Å². The Balaban J connectivity index is 1.39. The fourth-order valence-corrected chi connectivity index (χ4v) is 5.80. The summed E-state index contributed by atoms with van der Waals surface area (Å²) in [5.74, 6) is 1.52. The lowest BCUT2D eigenvalue weighted by Gasteiger charge is -2.36. The molecule has 1 aliphatic heterocycles. The first-order valence-electron chi connectivity index (χ1n) is 13.3. The molecule has 2 aromatic carbocycles. The van der Waals surface area contributed by atoms with Crippen LogP contribution in [0, 0.1) is 12.8 Å². The van der Waals surface area contributed by atoms with Crippen molar-refractivity contribution in [2.75, 3.05) is 38.2 Å². The van der Waals surface area contributed by atoms with Gasteiger partial charge in [-0.1, -0.05) is 32.0 Å². The van der Waals surface area contributed by atoms with E-state index >= 15 is 0 Å². The number of piperazine rings is 1. The number of carbonyl (C=O) groups excluding carboxylic acids is 1. The minimum absolute atomic E-state index is 0.116. The Bertz CT molecular complexity index is 1370.